The number of rotatable bonds is 3. The maximum absolute atomic E-state index is 5.89. The quantitative estimate of drug-likeness (QED) is 0.924. The van der Waals surface area contributed by atoms with Crippen molar-refractivity contribution in [1.29, 1.82) is 0 Å². The topological polar surface area (TPSA) is 57.4 Å². The minimum Gasteiger partial charge on any atom is -0.479 e. The number of para-hydroxylation sites is 1. The summed E-state index contributed by atoms with van der Waals surface area (Å²) < 4.78 is 11.0. The summed E-state index contributed by atoms with van der Waals surface area (Å²) in [5, 5.41) is 0. The average Bonchev–Trinajstić information content (AvgIpc) is 2.40. The molecule has 2 N–H and O–H groups in total. The van der Waals surface area contributed by atoms with Crippen molar-refractivity contribution in [3.63, 3.8) is 0 Å². The van der Waals surface area contributed by atoms with E-state index in [9.17, 15) is 0 Å². The largest absolute Gasteiger partial charge is 0.479 e. The lowest BCUT2D eigenvalue weighted by atomic mass is 9.86. The molecule has 0 unspecified atom stereocenters. The molecule has 2 rings (SSSR count). The van der Waals surface area contributed by atoms with Crippen molar-refractivity contribution in [2.24, 2.45) is 0 Å². The van der Waals surface area contributed by atoms with Crippen molar-refractivity contribution in [1.82, 2.24) is 4.98 Å². The molecule has 0 spiro atoms. The molecule has 1 aromatic heterocycles. The minimum atomic E-state index is -0.00547. The fraction of sp³-hybridized carbons (Fsp3) is 0.312. The lowest BCUT2D eigenvalue weighted by Crippen LogP contribution is -2.12. The van der Waals surface area contributed by atoms with Crippen molar-refractivity contribution < 1.29 is 9.47 Å². The Morgan fingerprint density at radius 3 is 2.40 bits per heavy atom. The van der Waals surface area contributed by atoms with E-state index in [0.717, 1.165) is 11.3 Å². The van der Waals surface area contributed by atoms with Crippen molar-refractivity contribution >= 4 is 5.69 Å². The second-order valence-corrected chi connectivity index (χ2v) is 5.60. The van der Waals surface area contributed by atoms with E-state index in [1.165, 1.54) is 7.11 Å². The molecule has 0 radical (unpaired) electrons. The van der Waals surface area contributed by atoms with Crippen LogP contribution in [0.4, 0.5) is 5.69 Å². The Labute approximate surface area is 119 Å². The van der Waals surface area contributed by atoms with Crippen LogP contribution in [0.1, 0.15) is 26.3 Å². The Kier molecular flexibility index (Phi) is 3.84. The summed E-state index contributed by atoms with van der Waals surface area (Å²) in [7, 11) is 1.53. The highest BCUT2D eigenvalue weighted by molar-refractivity contribution is 5.50. The fourth-order valence-electron chi connectivity index (χ4n) is 1.94. The number of hydrogen-bond donors (Lipinski definition) is 1. The van der Waals surface area contributed by atoms with Crippen LogP contribution in [-0.4, -0.2) is 12.1 Å². The Hall–Kier alpha value is -2.23. The molecule has 0 atom stereocenters. The minimum absolute atomic E-state index is 0.00547. The zero-order chi connectivity index (χ0) is 14.8. The summed E-state index contributed by atoms with van der Waals surface area (Å²) in [5.74, 6) is 1.63. The maximum Gasteiger partial charge on any atom is 0.240 e. The van der Waals surface area contributed by atoms with E-state index in [-0.39, 0.29) is 5.41 Å². The maximum atomic E-state index is 5.89. The molecule has 0 amide bonds. The summed E-state index contributed by atoms with van der Waals surface area (Å²) in [6, 6.07) is 11.4. The van der Waals surface area contributed by atoms with E-state index in [1.807, 2.05) is 18.2 Å². The lowest BCUT2D eigenvalue weighted by Gasteiger charge is -2.22. The van der Waals surface area contributed by atoms with Gasteiger partial charge in [-0.05, 0) is 17.5 Å². The average molecular weight is 272 g/mol. The third-order valence-electron chi connectivity index (χ3n) is 2.97. The standard InChI is InChI=1S/C16H20N2O2/c1-16(2,3)11-7-5-6-8-13(11)20-14-10-9-12(17)15(18-14)19-4/h5-10H,17H2,1-4H3. The van der Waals surface area contributed by atoms with Gasteiger partial charge in [0.1, 0.15) is 5.75 Å². The highest BCUT2D eigenvalue weighted by Crippen LogP contribution is 2.34. The van der Waals surface area contributed by atoms with E-state index in [2.05, 4.69) is 31.8 Å². The van der Waals surface area contributed by atoms with Crippen LogP contribution in [0.25, 0.3) is 0 Å². The van der Waals surface area contributed by atoms with Crippen molar-refractivity contribution in [3.05, 3.63) is 42.0 Å². The van der Waals surface area contributed by atoms with E-state index < -0.39 is 0 Å². The molecule has 0 saturated carbocycles. The molecule has 4 heteroatoms. The molecule has 1 heterocycles. The number of nitrogens with two attached hydrogens (primary N) is 1. The van der Waals surface area contributed by atoms with Gasteiger partial charge in [0.2, 0.25) is 11.8 Å². The van der Waals surface area contributed by atoms with Gasteiger partial charge in [0.15, 0.2) is 0 Å². The van der Waals surface area contributed by atoms with Crippen LogP contribution in [0.2, 0.25) is 0 Å². The van der Waals surface area contributed by atoms with E-state index in [0.29, 0.717) is 17.4 Å². The highest BCUT2D eigenvalue weighted by atomic mass is 16.5. The molecule has 0 bridgehead atoms. The van der Waals surface area contributed by atoms with Crippen LogP contribution in [0, 0.1) is 0 Å². The summed E-state index contributed by atoms with van der Waals surface area (Å²) >= 11 is 0. The summed E-state index contributed by atoms with van der Waals surface area (Å²) in [5.41, 5.74) is 7.36. The molecular formula is C16H20N2O2. The number of benzene rings is 1. The molecule has 0 aliphatic rings. The number of methoxy groups -OCH3 is 1. The van der Waals surface area contributed by atoms with Gasteiger partial charge in [-0.1, -0.05) is 39.0 Å². The molecule has 106 valence electrons. The number of anilines is 1. The monoisotopic (exact) mass is 272 g/mol. The molecule has 20 heavy (non-hydrogen) atoms. The molecule has 0 fully saturated rings. The fourth-order valence-corrected chi connectivity index (χ4v) is 1.94. The van der Waals surface area contributed by atoms with E-state index >= 15 is 0 Å². The number of aromatic nitrogens is 1. The normalized spacial score (nSPS) is 11.2. The van der Waals surface area contributed by atoms with Gasteiger partial charge >= 0.3 is 0 Å². The first-order valence-corrected chi connectivity index (χ1v) is 6.49. The Balaban J connectivity index is 2.36. The highest BCUT2D eigenvalue weighted by Gasteiger charge is 2.19. The van der Waals surface area contributed by atoms with Gasteiger partial charge < -0.3 is 15.2 Å². The SMILES string of the molecule is COc1nc(Oc2ccccc2C(C)(C)C)ccc1N. The zero-order valence-corrected chi connectivity index (χ0v) is 12.3. The first kappa shape index (κ1) is 14.2. The van der Waals surface area contributed by atoms with Crippen LogP contribution in [0.3, 0.4) is 0 Å². The summed E-state index contributed by atoms with van der Waals surface area (Å²) in [6.07, 6.45) is 0. The van der Waals surface area contributed by atoms with Crippen molar-refractivity contribution in [2.75, 3.05) is 12.8 Å². The first-order valence-electron chi connectivity index (χ1n) is 6.49. The zero-order valence-electron chi connectivity index (χ0n) is 12.3. The van der Waals surface area contributed by atoms with Crippen molar-refractivity contribution in [2.45, 2.75) is 26.2 Å². The number of pyridine rings is 1. The van der Waals surface area contributed by atoms with Gasteiger partial charge in [0.25, 0.3) is 0 Å². The summed E-state index contributed by atoms with van der Waals surface area (Å²) in [6.45, 7) is 6.44. The molecule has 1 aromatic carbocycles. The van der Waals surface area contributed by atoms with Crippen LogP contribution < -0.4 is 15.2 Å². The molecule has 2 aromatic rings. The van der Waals surface area contributed by atoms with Gasteiger partial charge in [0.05, 0.1) is 12.8 Å². The number of ether oxygens (including phenoxy) is 2. The Morgan fingerprint density at radius 2 is 1.75 bits per heavy atom. The first-order chi connectivity index (χ1) is 9.41. The lowest BCUT2D eigenvalue weighted by molar-refractivity contribution is 0.383. The van der Waals surface area contributed by atoms with Crippen LogP contribution in [0.5, 0.6) is 17.5 Å². The number of hydrogen-bond acceptors (Lipinski definition) is 4. The number of nitrogen functional groups attached to an aromatic ring is 1. The third kappa shape index (κ3) is 3.02. The molecular weight excluding hydrogens is 252 g/mol. The molecule has 4 nitrogen and oxygen atoms in total. The predicted molar refractivity (Wildman–Crippen MR) is 80.4 cm³/mol. The van der Waals surface area contributed by atoms with Crippen LogP contribution in [-0.2, 0) is 5.41 Å². The predicted octanol–water partition coefficient (Wildman–Crippen LogP) is 3.76. The van der Waals surface area contributed by atoms with Gasteiger partial charge in [-0.3, -0.25) is 0 Å². The van der Waals surface area contributed by atoms with Gasteiger partial charge in [-0.2, -0.15) is 4.98 Å². The Bertz CT molecular complexity index is 604. The molecule has 0 aliphatic carbocycles. The van der Waals surface area contributed by atoms with Gasteiger partial charge in [-0.25, -0.2) is 0 Å². The smallest absolute Gasteiger partial charge is 0.240 e. The second kappa shape index (κ2) is 5.41. The number of nitrogens with zero attached hydrogens (tertiary/aromatic N) is 1. The van der Waals surface area contributed by atoms with Crippen molar-refractivity contribution in [3.8, 4) is 17.5 Å². The van der Waals surface area contributed by atoms with Crippen LogP contribution in [0.15, 0.2) is 36.4 Å². The van der Waals surface area contributed by atoms with Gasteiger partial charge in [-0.15, -0.1) is 0 Å². The molecule has 0 aliphatic heterocycles. The summed E-state index contributed by atoms with van der Waals surface area (Å²) in [4.78, 5) is 4.24. The van der Waals surface area contributed by atoms with E-state index in [4.69, 9.17) is 15.2 Å². The van der Waals surface area contributed by atoms with Crippen LogP contribution >= 0.6 is 0 Å². The third-order valence-corrected chi connectivity index (χ3v) is 2.97. The van der Waals surface area contributed by atoms with Gasteiger partial charge in [0, 0.05) is 11.6 Å². The van der Waals surface area contributed by atoms with E-state index in [1.54, 1.807) is 12.1 Å². The Morgan fingerprint density at radius 1 is 1.05 bits per heavy atom. The second-order valence-electron chi connectivity index (χ2n) is 5.60. The molecule has 0 saturated heterocycles.